The van der Waals surface area contributed by atoms with E-state index in [1.165, 1.54) is 0 Å². The maximum atomic E-state index is 11.6. The highest BCUT2D eigenvalue weighted by Crippen LogP contribution is 2.32. The average Bonchev–Trinajstić information content (AvgIpc) is 2.92. The number of nitrogens with one attached hydrogen (secondary N) is 1. The first-order valence-corrected chi connectivity index (χ1v) is 12.8. The average molecular weight is 589 g/mol. The van der Waals surface area contributed by atoms with Crippen LogP contribution in [0.3, 0.4) is 0 Å². The first-order chi connectivity index (χ1) is 18.9. The van der Waals surface area contributed by atoms with E-state index in [0.29, 0.717) is 0 Å². The Morgan fingerprint density at radius 3 is 1.95 bits per heavy atom. The van der Waals surface area contributed by atoms with Gasteiger partial charge >= 0.3 is 0 Å². The Bertz CT molecular complexity index is 796. The maximum Gasteiger partial charge on any atom is 0.217 e. The minimum absolute atomic E-state index is 0.0664. The summed E-state index contributed by atoms with van der Waals surface area (Å²) >= 11 is 0. The van der Waals surface area contributed by atoms with Crippen molar-refractivity contribution in [3.8, 4) is 0 Å². The number of hydrogen-bond acceptors (Lipinski definition) is 17. The Hall–Kier alpha value is -1.17. The standard InChI is InChI=1S/C22H40N2O16/c1-7(27)24-11-14(30)18(9(5-26)36-20(11)34)39-22-17(33)19(13(29)10(38-22)6-35-3-2-23)40-21-16(32)15(31)12(28)8(4-25)37-21/h8-22,25-26,28-34H,2-6,23H2,1H3,(H,24,27)/t8-,9-,10-,11-,12+,13+,14-,15+,16-,17-,18-,19+,20-,21-,22+/m1/s1. The van der Waals surface area contributed by atoms with Gasteiger partial charge in [-0.2, -0.15) is 0 Å². The fourth-order valence-electron chi connectivity index (χ4n) is 4.73. The van der Waals surface area contributed by atoms with E-state index in [2.05, 4.69) is 5.32 Å². The summed E-state index contributed by atoms with van der Waals surface area (Å²) < 4.78 is 33.0. The van der Waals surface area contributed by atoms with Crippen LogP contribution < -0.4 is 11.1 Å². The second kappa shape index (κ2) is 14.8. The van der Waals surface area contributed by atoms with Crippen molar-refractivity contribution < 1.29 is 79.2 Å². The molecule has 0 radical (unpaired) electrons. The summed E-state index contributed by atoms with van der Waals surface area (Å²) in [6.45, 7) is -0.474. The molecule has 0 spiro atoms. The summed E-state index contributed by atoms with van der Waals surface area (Å²) in [5.41, 5.74) is 5.43. The SMILES string of the molecule is CC(=O)N[C@@H]1[C@@H](O)[C@H](O[C@@H]2O[C@H](COCCN)[C@H](O)[C@H](O[C@H]3O[C@H](CO)[C@H](O)[C@H](O)[C@H]3O)[C@H]2O)[C@@H](CO)O[C@H]1O. The largest absolute Gasteiger partial charge is 0.394 e. The summed E-state index contributed by atoms with van der Waals surface area (Å²) in [7, 11) is 0. The molecular weight excluding hydrogens is 548 g/mol. The van der Waals surface area contributed by atoms with Crippen molar-refractivity contribution in [3.05, 3.63) is 0 Å². The number of aliphatic hydroxyl groups excluding tert-OH is 9. The molecule has 0 bridgehead atoms. The molecule has 40 heavy (non-hydrogen) atoms. The lowest BCUT2D eigenvalue weighted by molar-refractivity contribution is -0.375. The van der Waals surface area contributed by atoms with E-state index < -0.39 is 111 Å². The predicted octanol–water partition coefficient (Wildman–Crippen LogP) is -7.45. The molecule has 15 atom stereocenters. The zero-order valence-corrected chi connectivity index (χ0v) is 21.7. The van der Waals surface area contributed by atoms with Crippen molar-refractivity contribution in [3.63, 3.8) is 0 Å². The third kappa shape index (κ3) is 7.42. The Morgan fingerprint density at radius 1 is 0.750 bits per heavy atom. The lowest BCUT2D eigenvalue weighted by Crippen LogP contribution is -2.68. The van der Waals surface area contributed by atoms with Crippen LogP contribution in [0.1, 0.15) is 6.92 Å². The summed E-state index contributed by atoms with van der Waals surface area (Å²) in [6, 6.07) is -1.39. The Morgan fingerprint density at radius 2 is 1.35 bits per heavy atom. The van der Waals surface area contributed by atoms with Crippen LogP contribution in [0.15, 0.2) is 0 Å². The molecule has 18 nitrogen and oxygen atoms in total. The molecular formula is C22H40N2O16. The third-order valence-electron chi connectivity index (χ3n) is 6.86. The van der Waals surface area contributed by atoms with Gasteiger partial charge in [-0.3, -0.25) is 4.79 Å². The fourth-order valence-corrected chi connectivity index (χ4v) is 4.73. The Labute approximate surface area is 228 Å². The molecule has 0 saturated carbocycles. The number of carbonyl (C=O) groups excluding carboxylic acids is 1. The predicted molar refractivity (Wildman–Crippen MR) is 126 cm³/mol. The second-order valence-corrected chi connectivity index (χ2v) is 9.75. The quantitative estimate of drug-likeness (QED) is 0.0999. The molecule has 3 aliphatic rings. The van der Waals surface area contributed by atoms with Gasteiger partial charge < -0.3 is 85.4 Å². The molecule has 234 valence electrons. The van der Waals surface area contributed by atoms with E-state index in [-0.39, 0.29) is 19.8 Å². The smallest absolute Gasteiger partial charge is 0.217 e. The van der Waals surface area contributed by atoms with Crippen LogP contribution >= 0.6 is 0 Å². The van der Waals surface area contributed by atoms with Crippen molar-refractivity contribution in [1.82, 2.24) is 5.32 Å². The molecule has 0 aromatic carbocycles. The zero-order chi connectivity index (χ0) is 29.7. The van der Waals surface area contributed by atoms with Crippen LogP contribution in [0, 0.1) is 0 Å². The normalized spacial score (nSPS) is 46.2. The molecule has 3 aliphatic heterocycles. The lowest BCUT2D eigenvalue weighted by atomic mass is 9.95. The van der Waals surface area contributed by atoms with Gasteiger partial charge in [-0.15, -0.1) is 0 Å². The minimum atomic E-state index is -1.88. The van der Waals surface area contributed by atoms with Crippen LogP contribution in [-0.4, -0.2) is 177 Å². The third-order valence-corrected chi connectivity index (χ3v) is 6.86. The van der Waals surface area contributed by atoms with Crippen LogP contribution in [-0.2, 0) is 33.2 Å². The molecule has 0 aromatic heterocycles. The van der Waals surface area contributed by atoms with Gasteiger partial charge in [0.15, 0.2) is 18.9 Å². The Balaban J connectivity index is 1.84. The van der Waals surface area contributed by atoms with Crippen molar-refractivity contribution >= 4 is 5.91 Å². The van der Waals surface area contributed by atoms with Gasteiger partial charge in [0.2, 0.25) is 5.91 Å². The number of ether oxygens (including phenoxy) is 6. The minimum Gasteiger partial charge on any atom is -0.394 e. The molecule has 0 aliphatic carbocycles. The first kappa shape index (κ1) is 33.3. The second-order valence-electron chi connectivity index (χ2n) is 9.75. The van der Waals surface area contributed by atoms with Gasteiger partial charge in [-0.25, -0.2) is 0 Å². The van der Waals surface area contributed by atoms with E-state index in [1.54, 1.807) is 0 Å². The molecule has 18 heteroatoms. The van der Waals surface area contributed by atoms with Crippen LogP contribution in [0.4, 0.5) is 0 Å². The van der Waals surface area contributed by atoms with E-state index in [1.807, 2.05) is 0 Å². The number of hydrogen-bond donors (Lipinski definition) is 11. The number of aliphatic hydroxyl groups is 9. The van der Waals surface area contributed by atoms with Crippen molar-refractivity contribution in [2.24, 2.45) is 5.73 Å². The highest BCUT2D eigenvalue weighted by atomic mass is 16.7. The topological polar surface area (TPSA) is 293 Å². The lowest BCUT2D eigenvalue weighted by Gasteiger charge is -2.48. The molecule has 1 amide bonds. The van der Waals surface area contributed by atoms with Crippen LogP contribution in [0.25, 0.3) is 0 Å². The highest BCUT2D eigenvalue weighted by Gasteiger charge is 2.53. The molecule has 3 heterocycles. The van der Waals surface area contributed by atoms with Crippen molar-refractivity contribution in [2.75, 3.05) is 33.0 Å². The number of nitrogens with two attached hydrogens (primary N) is 1. The van der Waals surface area contributed by atoms with Gasteiger partial charge in [0.05, 0.1) is 26.4 Å². The summed E-state index contributed by atoms with van der Waals surface area (Å²) in [4.78, 5) is 11.6. The molecule has 0 aromatic rings. The first-order valence-electron chi connectivity index (χ1n) is 12.8. The molecule has 3 saturated heterocycles. The van der Waals surface area contributed by atoms with Crippen LogP contribution in [0.5, 0.6) is 0 Å². The van der Waals surface area contributed by atoms with E-state index in [0.717, 1.165) is 6.92 Å². The van der Waals surface area contributed by atoms with Gasteiger partial charge in [0.1, 0.15) is 73.2 Å². The number of amides is 1. The maximum absolute atomic E-state index is 11.6. The van der Waals surface area contributed by atoms with E-state index >= 15 is 0 Å². The van der Waals surface area contributed by atoms with Gasteiger partial charge in [0.25, 0.3) is 0 Å². The molecule has 3 fully saturated rings. The highest BCUT2D eigenvalue weighted by molar-refractivity contribution is 5.73. The fraction of sp³-hybridized carbons (Fsp3) is 0.955. The van der Waals surface area contributed by atoms with Crippen molar-refractivity contribution in [2.45, 2.75) is 99.0 Å². The monoisotopic (exact) mass is 588 g/mol. The Kier molecular flexibility index (Phi) is 12.4. The summed E-state index contributed by atoms with van der Waals surface area (Å²) in [6.07, 6.45) is -22.9. The molecule has 12 N–H and O–H groups in total. The van der Waals surface area contributed by atoms with Crippen LogP contribution in [0.2, 0.25) is 0 Å². The van der Waals surface area contributed by atoms with Gasteiger partial charge in [-0.1, -0.05) is 0 Å². The summed E-state index contributed by atoms with van der Waals surface area (Å²) in [5, 5.41) is 95.1. The van der Waals surface area contributed by atoms with Gasteiger partial charge in [0, 0.05) is 13.5 Å². The molecule has 0 unspecified atom stereocenters. The number of carbonyl (C=O) groups is 1. The zero-order valence-electron chi connectivity index (χ0n) is 21.7. The van der Waals surface area contributed by atoms with Crippen molar-refractivity contribution in [1.29, 1.82) is 0 Å². The summed E-state index contributed by atoms with van der Waals surface area (Å²) in [5.74, 6) is -0.616. The van der Waals surface area contributed by atoms with Gasteiger partial charge in [-0.05, 0) is 0 Å². The molecule has 3 rings (SSSR count). The number of rotatable bonds is 11. The van der Waals surface area contributed by atoms with E-state index in [9.17, 15) is 50.8 Å². The van der Waals surface area contributed by atoms with E-state index in [4.69, 9.17) is 34.2 Å².